The van der Waals surface area contributed by atoms with Crippen molar-refractivity contribution in [2.75, 3.05) is 31.7 Å². The molecule has 0 bridgehead atoms. The standard InChI is InChI=1S/C14H21NO3/c1-2-14(17)12-4-6-13(7-5-12)15-8-3-10-18-11-9-16/h4-7,15-16H,2-3,8-11H2,1H3. The Morgan fingerprint density at radius 2 is 2.00 bits per heavy atom. The number of aliphatic hydroxyl groups excluding tert-OH is 1. The molecule has 0 aliphatic rings. The SMILES string of the molecule is CCC(=O)c1ccc(NCCCOCCO)cc1. The van der Waals surface area contributed by atoms with E-state index in [2.05, 4.69) is 5.32 Å². The van der Waals surface area contributed by atoms with Crippen molar-refractivity contribution in [3.8, 4) is 0 Å². The van der Waals surface area contributed by atoms with Crippen molar-refractivity contribution in [2.24, 2.45) is 0 Å². The van der Waals surface area contributed by atoms with Gasteiger partial charge < -0.3 is 15.2 Å². The zero-order valence-electron chi connectivity index (χ0n) is 10.8. The van der Waals surface area contributed by atoms with Crippen LogP contribution in [0.5, 0.6) is 0 Å². The Hall–Kier alpha value is -1.39. The van der Waals surface area contributed by atoms with E-state index in [9.17, 15) is 4.79 Å². The maximum atomic E-state index is 11.4. The highest BCUT2D eigenvalue weighted by Crippen LogP contribution is 2.11. The van der Waals surface area contributed by atoms with Crippen molar-refractivity contribution in [3.05, 3.63) is 29.8 Å². The molecular weight excluding hydrogens is 230 g/mol. The first-order valence-corrected chi connectivity index (χ1v) is 6.33. The molecule has 1 rings (SSSR count). The Morgan fingerprint density at radius 3 is 2.61 bits per heavy atom. The lowest BCUT2D eigenvalue weighted by atomic mass is 10.1. The van der Waals surface area contributed by atoms with E-state index in [4.69, 9.17) is 9.84 Å². The number of carbonyl (C=O) groups excluding carboxylic acids is 1. The summed E-state index contributed by atoms with van der Waals surface area (Å²) in [4.78, 5) is 11.4. The Bertz CT molecular complexity index is 349. The summed E-state index contributed by atoms with van der Waals surface area (Å²) in [6, 6.07) is 7.52. The van der Waals surface area contributed by atoms with E-state index in [1.54, 1.807) is 0 Å². The molecule has 0 aliphatic carbocycles. The number of Topliss-reactive ketones (excluding diaryl/α,β-unsaturated/α-hetero) is 1. The highest BCUT2D eigenvalue weighted by molar-refractivity contribution is 5.96. The largest absolute Gasteiger partial charge is 0.394 e. The third-order valence-corrected chi connectivity index (χ3v) is 2.56. The predicted octanol–water partition coefficient (Wildman–Crippen LogP) is 2.09. The van der Waals surface area contributed by atoms with Crippen LogP contribution in [0.4, 0.5) is 5.69 Å². The van der Waals surface area contributed by atoms with Gasteiger partial charge in [0.1, 0.15) is 0 Å². The molecule has 100 valence electrons. The lowest BCUT2D eigenvalue weighted by Gasteiger charge is -2.07. The van der Waals surface area contributed by atoms with E-state index in [0.717, 1.165) is 24.2 Å². The maximum Gasteiger partial charge on any atom is 0.162 e. The number of hydrogen-bond acceptors (Lipinski definition) is 4. The van der Waals surface area contributed by atoms with Crippen LogP contribution in [-0.2, 0) is 4.74 Å². The normalized spacial score (nSPS) is 10.3. The molecule has 4 heteroatoms. The fraction of sp³-hybridized carbons (Fsp3) is 0.500. The summed E-state index contributed by atoms with van der Waals surface area (Å²) in [5, 5.41) is 11.8. The summed E-state index contributed by atoms with van der Waals surface area (Å²) >= 11 is 0. The van der Waals surface area contributed by atoms with E-state index < -0.39 is 0 Å². The van der Waals surface area contributed by atoms with Gasteiger partial charge in [-0.05, 0) is 30.7 Å². The molecule has 18 heavy (non-hydrogen) atoms. The molecule has 0 radical (unpaired) electrons. The molecule has 2 N–H and O–H groups in total. The number of ether oxygens (including phenoxy) is 1. The second-order valence-corrected chi connectivity index (χ2v) is 3.97. The third kappa shape index (κ3) is 5.29. The fourth-order valence-corrected chi connectivity index (χ4v) is 1.55. The molecule has 0 aliphatic heterocycles. The summed E-state index contributed by atoms with van der Waals surface area (Å²) in [7, 11) is 0. The van der Waals surface area contributed by atoms with Gasteiger partial charge in [-0.15, -0.1) is 0 Å². The quantitative estimate of drug-likeness (QED) is 0.521. The number of ketones is 1. The molecule has 1 aromatic carbocycles. The maximum absolute atomic E-state index is 11.4. The second kappa shape index (κ2) is 8.66. The third-order valence-electron chi connectivity index (χ3n) is 2.56. The summed E-state index contributed by atoms with van der Waals surface area (Å²) in [5.41, 5.74) is 1.76. The average Bonchev–Trinajstić information content (AvgIpc) is 2.42. The minimum absolute atomic E-state index is 0.0698. The first-order chi connectivity index (χ1) is 8.77. The molecular formula is C14H21NO3. The van der Waals surface area contributed by atoms with E-state index in [1.165, 1.54) is 0 Å². The molecule has 0 heterocycles. The Morgan fingerprint density at radius 1 is 1.28 bits per heavy atom. The molecule has 0 unspecified atom stereocenters. The Labute approximate surface area is 108 Å². The van der Waals surface area contributed by atoms with Gasteiger partial charge in [0.15, 0.2) is 5.78 Å². The molecule has 0 saturated heterocycles. The predicted molar refractivity (Wildman–Crippen MR) is 72.1 cm³/mol. The summed E-state index contributed by atoms with van der Waals surface area (Å²) < 4.78 is 5.15. The highest BCUT2D eigenvalue weighted by atomic mass is 16.5. The molecule has 0 amide bonds. The van der Waals surface area contributed by atoms with Crippen molar-refractivity contribution in [3.63, 3.8) is 0 Å². The van der Waals surface area contributed by atoms with Crippen LogP contribution in [0.25, 0.3) is 0 Å². The van der Waals surface area contributed by atoms with Crippen LogP contribution in [0.1, 0.15) is 30.1 Å². The Balaban J connectivity index is 2.25. The minimum atomic E-state index is 0.0698. The zero-order valence-corrected chi connectivity index (χ0v) is 10.8. The summed E-state index contributed by atoms with van der Waals surface area (Å²) in [6.45, 7) is 3.78. The first-order valence-electron chi connectivity index (χ1n) is 6.33. The van der Waals surface area contributed by atoms with Crippen LogP contribution in [0, 0.1) is 0 Å². The number of rotatable bonds is 9. The summed E-state index contributed by atoms with van der Waals surface area (Å²) in [6.07, 6.45) is 1.42. The number of benzene rings is 1. The number of hydrogen-bond donors (Lipinski definition) is 2. The fourth-order valence-electron chi connectivity index (χ4n) is 1.55. The molecule has 0 atom stereocenters. The van der Waals surface area contributed by atoms with Gasteiger partial charge in [-0.3, -0.25) is 4.79 Å². The van der Waals surface area contributed by atoms with Gasteiger partial charge in [-0.2, -0.15) is 0 Å². The molecule has 0 aromatic heterocycles. The van der Waals surface area contributed by atoms with Gasteiger partial charge in [-0.25, -0.2) is 0 Å². The van der Waals surface area contributed by atoms with Crippen LogP contribution in [0.2, 0.25) is 0 Å². The zero-order chi connectivity index (χ0) is 13.2. The molecule has 0 fully saturated rings. The average molecular weight is 251 g/mol. The van der Waals surface area contributed by atoms with E-state index >= 15 is 0 Å². The van der Waals surface area contributed by atoms with Crippen molar-refractivity contribution >= 4 is 11.5 Å². The van der Waals surface area contributed by atoms with E-state index in [1.807, 2.05) is 31.2 Å². The van der Waals surface area contributed by atoms with Gasteiger partial charge in [0.2, 0.25) is 0 Å². The number of aliphatic hydroxyl groups is 1. The van der Waals surface area contributed by atoms with E-state index in [-0.39, 0.29) is 12.4 Å². The van der Waals surface area contributed by atoms with Crippen molar-refractivity contribution in [1.29, 1.82) is 0 Å². The van der Waals surface area contributed by atoms with E-state index in [0.29, 0.717) is 19.6 Å². The van der Waals surface area contributed by atoms with Gasteiger partial charge in [0.05, 0.1) is 13.2 Å². The van der Waals surface area contributed by atoms with Gasteiger partial charge >= 0.3 is 0 Å². The highest BCUT2D eigenvalue weighted by Gasteiger charge is 2.01. The molecule has 0 saturated carbocycles. The number of carbonyl (C=O) groups is 1. The topological polar surface area (TPSA) is 58.6 Å². The van der Waals surface area contributed by atoms with Gasteiger partial charge in [0.25, 0.3) is 0 Å². The van der Waals surface area contributed by atoms with Crippen LogP contribution in [0.15, 0.2) is 24.3 Å². The second-order valence-electron chi connectivity index (χ2n) is 3.97. The minimum Gasteiger partial charge on any atom is -0.394 e. The molecule has 4 nitrogen and oxygen atoms in total. The Kier molecular flexibility index (Phi) is 7.06. The van der Waals surface area contributed by atoms with Crippen LogP contribution in [-0.4, -0.2) is 37.3 Å². The monoisotopic (exact) mass is 251 g/mol. The van der Waals surface area contributed by atoms with Gasteiger partial charge in [0, 0.05) is 30.8 Å². The number of anilines is 1. The smallest absolute Gasteiger partial charge is 0.162 e. The molecule has 1 aromatic rings. The van der Waals surface area contributed by atoms with Crippen LogP contribution in [0.3, 0.4) is 0 Å². The van der Waals surface area contributed by atoms with Crippen LogP contribution < -0.4 is 5.32 Å². The van der Waals surface area contributed by atoms with Crippen molar-refractivity contribution in [2.45, 2.75) is 19.8 Å². The number of nitrogens with one attached hydrogen (secondary N) is 1. The van der Waals surface area contributed by atoms with Crippen molar-refractivity contribution in [1.82, 2.24) is 0 Å². The summed E-state index contributed by atoms with van der Waals surface area (Å²) in [5.74, 6) is 0.166. The lowest BCUT2D eigenvalue weighted by Crippen LogP contribution is -2.07. The van der Waals surface area contributed by atoms with Crippen LogP contribution >= 0.6 is 0 Å². The lowest BCUT2D eigenvalue weighted by molar-refractivity contribution is 0.0922. The molecule has 0 spiro atoms. The van der Waals surface area contributed by atoms with Gasteiger partial charge in [-0.1, -0.05) is 6.92 Å². The van der Waals surface area contributed by atoms with Crippen molar-refractivity contribution < 1.29 is 14.6 Å². The first kappa shape index (κ1) is 14.7.